The summed E-state index contributed by atoms with van der Waals surface area (Å²) in [5, 5.41) is 21.0. The molecule has 2 aromatic carbocycles. The molecule has 6 nitrogen and oxygen atoms in total. The van der Waals surface area contributed by atoms with Gasteiger partial charge in [-0.3, -0.25) is 0 Å². The molecule has 0 bridgehead atoms. The molecule has 0 atom stereocenters. The van der Waals surface area contributed by atoms with Gasteiger partial charge in [0, 0.05) is 42.9 Å². The van der Waals surface area contributed by atoms with Crippen molar-refractivity contribution in [3.63, 3.8) is 0 Å². The number of ether oxygens (including phenoxy) is 2. The van der Waals surface area contributed by atoms with Gasteiger partial charge in [0.1, 0.15) is 11.6 Å². The van der Waals surface area contributed by atoms with Crippen LogP contribution in [-0.4, -0.2) is 40.0 Å². The summed E-state index contributed by atoms with van der Waals surface area (Å²) < 4.78 is 25.1. The Morgan fingerprint density at radius 2 is 1.81 bits per heavy atom. The van der Waals surface area contributed by atoms with Gasteiger partial charge in [-0.05, 0) is 54.1 Å². The molecule has 1 saturated heterocycles. The van der Waals surface area contributed by atoms with E-state index in [0.717, 1.165) is 35.0 Å². The lowest BCUT2D eigenvalue weighted by Crippen LogP contribution is -2.29. The molecule has 2 heterocycles. The first kappa shape index (κ1) is 19.8. The maximum absolute atomic E-state index is 13.6. The number of hydrogen-bond donors (Lipinski definition) is 2. The smallest absolute Gasteiger partial charge is 0.348 e. The van der Waals surface area contributed by atoms with Crippen molar-refractivity contribution in [1.82, 2.24) is 4.98 Å². The Hall–Kier alpha value is -3.19. The minimum Gasteiger partial charge on any atom is -0.508 e. The summed E-state index contributed by atoms with van der Waals surface area (Å²) in [5.74, 6) is -1.02. The molecule has 0 unspecified atom stereocenters. The third-order valence-electron chi connectivity index (χ3n) is 6.11. The summed E-state index contributed by atoms with van der Waals surface area (Å²) in [6, 6.07) is 11.1. The molecule has 31 heavy (non-hydrogen) atoms. The summed E-state index contributed by atoms with van der Waals surface area (Å²) in [7, 11) is 0. The third-order valence-corrected chi connectivity index (χ3v) is 6.11. The quantitative estimate of drug-likeness (QED) is 0.622. The molecular weight excluding hydrogens is 401 g/mol. The molecular formula is C24H22FNO5. The number of aromatic nitrogens is 1. The maximum Gasteiger partial charge on any atom is 0.348 e. The first-order valence-electron chi connectivity index (χ1n) is 10.4. The number of aromatic hydroxyl groups is 1. The van der Waals surface area contributed by atoms with Crippen molar-refractivity contribution >= 4 is 16.7 Å². The fourth-order valence-corrected chi connectivity index (χ4v) is 4.21. The lowest BCUT2D eigenvalue weighted by Gasteiger charge is -2.26. The molecule has 2 fully saturated rings. The van der Waals surface area contributed by atoms with Crippen LogP contribution in [0.3, 0.4) is 0 Å². The minimum absolute atomic E-state index is 0.0307. The molecule has 2 N–H and O–H groups in total. The number of carboxylic acids is 1. The van der Waals surface area contributed by atoms with Crippen LogP contribution in [0.1, 0.15) is 37.3 Å². The van der Waals surface area contributed by atoms with Crippen LogP contribution < -0.4 is 4.74 Å². The number of pyridine rings is 1. The normalized spacial score (nSPS) is 18.1. The molecule has 2 aliphatic rings. The Balaban J connectivity index is 1.76. The van der Waals surface area contributed by atoms with E-state index >= 15 is 0 Å². The number of carbonyl (C=O) groups is 1. The number of phenolic OH excluding ortho intramolecular Hbond substituents is 1. The van der Waals surface area contributed by atoms with Gasteiger partial charge in [0.05, 0.1) is 5.69 Å². The van der Waals surface area contributed by atoms with E-state index in [9.17, 15) is 19.4 Å². The Labute approximate surface area is 178 Å². The van der Waals surface area contributed by atoms with Crippen LogP contribution in [0.5, 0.6) is 11.6 Å². The fourth-order valence-electron chi connectivity index (χ4n) is 4.21. The predicted molar refractivity (Wildman–Crippen MR) is 112 cm³/mol. The topological polar surface area (TPSA) is 88.9 Å². The number of nitrogens with zero attached hydrogens (tertiary/aromatic N) is 1. The molecule has 7 heteroatoms. The van der Waals surface area contributed by atoms with Gasteiger partial charge >= 0.3 is 5.97 Å². The van der Waals surface area contributed by atoms with Gasteiger partial charge < -0.3 is 19.7 Å². The van der Waals surface area contributed by atoms with E-state index in [1.807, 2.05) is 0 Å². The molecule has 1 aliphatic carbocycles. The summed E-state index contributed by atoms with van der Waals surface area (Å²) >= 11 is 0. The van der Waals surface area contributed by atoms with Gasteiger partial charge in [0.25, 0.3) is 0 Å². The molecule has 1 aliphatic heterocycles. The van der Waals surface area contributed by atoms with E-state index in [1.165, 1.54) is 18.2 Å². The summed E-state index contributed by atoms with van der Waals surface area (Å²) in [5.41, 5.74) is 1.16. The van der Waals surface area contributed by atoms with Gasteiger partial charge in [-0.25, -0.2) is 14.2 Å². The number of aliphatic carboxylic acids is 1. The van der Waals surface area contributed by atoms with Crippen molar-refractivity contribution in [1.29, 1.82) is 0 Å². The van der Waals surface area contributed by atoms with E-state index in [4.69, 9.17) is 14.5 Å². The first-order valence-corrected chi connectivity index (χ1v) is 10.4. The summed E-state index contributed by atoms with van der Waals surface area (Å²) in [6.45, 7) is 1.22. The molecule has 0 radical (unpaired) electrons. The van der Waals surface area contributed by atoms with Crippen LogP contribution in [0.15, 0.2) is 42.5 Å². The monoisotopic (exact) mass is 423 g/mol. The van der Waals surface area contributed by atoms with Crippen LogP contribution in [0, 0.1) is 5.82 Å². The molecule has 5 rings (SSSR count). The SMILES string of the molecule is O=C(O)C1(Oc2nc(C3CCOCC3)c(-c3ccc(F)cc3)c3ccc(O)cc23)CC1. The zero-order valence-electron chi connectivity index (χ0n) is 16.8. The number of halogens is 1. The van der Waals surface area contributed by atoms with Gasteiger partial charge in [-0.15, -0.1) is 0 Å². The van der Waals surface area contributed by atoms with Gasteiger partial charge in [0.2, 0.25) is 11.5 Å². The van der Waals surface area contributed by atoms with Gasteiger partial charge in [-0.1, -0.05) is 12.1 Å². The average molecular weight is 423 g/mol. The molecule has 0 amide bonds. The Morgan fingerprint density at radius 1 is 1.10 bits per heavy atom. The van der Waals surface area contributed by atoms with Crippen LogP contribution in [0.2, 0.25) is 0 Å². The highest BCUT2D eigenvalue weighted by atomic mass is 19.1. The van der Waals surface area contributed by atoms with Crippen molar-refractivity contribution < 1.29 is 28.9 Å². The van der Waals surface area contributed by atoms with Crippen molar-refractivity contribution in [2.75, 3.05) is 13.2 Å². The second kappa shape index (κ2) is 7.50. The number of fused-ring (bicyclic) bond motifs is 1. The number of rotatable bonds is 5. The number of hydrogen-bond acceptors (Lipinski definition) is 5. The second-order valence-electron chi connectivity index (χ2n) is 8.20. The highest BCUT2D eigenvalue weighted by Crippen LogP contribution is 2.46. The first-order chi connectivity index (χ1) is 15.0. The van der Waals surface area contributed by atoms with E-state index in [0.29, 0.717) is 31.4 Å². The Kier molecular flexibility index (Phi) is 4.78. The second-order valence-corrected chi connectivity index (χ2v) is 8.20. The molecule has 1 saturated carbocycles. The van der Waals surface area contributed by atoms with Gasteiger partial charge in [-0.2, -0.15) is 0 Å². The van der Waals surface area contributed by atoms with Crippen molar-refractivity contribution in [2.45, 2.75) is 37.2 Å². The van der Waals surface area contributed by atoms with Crippen LogP contribution in [-0.2, 0) is 9.53 Å². The van der Waals surface area contributed by atoms with Crippen LogP contribution in [0.4, 0.5) is 4.39 Å². The predicted octanol–water partition coefficient (Wildman–Crippen LogP) is 4.64. The fraction of sp³-hybridized carbons (Fsp3) is 0.333. The van der Waals surface area contributed by atoms with Crippen molar-refractivity contribution in [3.8, 4) is 22.8 Å². The lowest BCUT2D eigenvalue weighted by atomic mass is 9.87. The standard InChI is InChI=1S/C24H22FNO5/c25-16-3-1-14(2-4-16)20-18-6-5-17(27)13-19(18)22(31-24(9-10-24)23(28)29)26-21(20)15-7-11-30-12-8-15/h1-6,13,15,27H,7-12H2,(H,28,29). The van der Waals surface area contributed by atoms with Gasteiger partial charge in [0.15, 0.2) is 0 Å². The Bertz CT molecular complexity index is 1150. The van der Waals surface area contributed by atoms with E-state index in [2.05, 4.69) is 0 Å². The Morgan fingerprint density at radius 3 is 2.45 bits per heavy atom. The van der Waals surface area contributed by atoms with Crippen LogP contribution in [0.25, 0.3) is 21.9 Å². The summed E-state index contributed by atoms with van der Waals surface area (Å²) in [6.07, 6.45) is 2.37. The molecule has 1 aromatic heterocycles. The van der Waals surface area contributed by atoms with E-state index in [1.54, 1.807) is 24.3 Å². The van der Waals surface area contributed by atoms with E-state index in [-0.39, 0.29) is 23.4 Å². The van der Waals surface area contributed by atoms with Crippen LogP contribution >= 0.6 is 0 Å². The molecule has 160 valence electrons. The lowest BCUT2D eigenvalue weighted by molar-refractivity contribution is -0.147. The summed E-state index contributed by atoms with van der Waals surface area (Å²) in [4.78, 5) is 16.6. The average Bonchev–Trinajstić information content (AvgIpc) is 3.56. The highest BCUT2D eigenvalue weighted by molar-refractivity contribution is 6.01. The zero-order valence-corrected chi connectivity index (χ0v) is 16.8. The largest absolute Gasteiger partial charge is 0.508 e. The third kappa shape index (κ3) is 3.59. The number of phenols is 1. The highest BCUT2D eigenvalue weighted by Gasteiger charge is 2.54. The molecule has 3 aromatic rings. The van der Waals surface area contributed by atoms with Crippen molar-refractivity contribution in [2.24, 2.45) is 0 Å². The number of carboxylic acid groups (broad SMARTS) is 1. The van der Waals surface area contributed by atoms with E-state index < -0.39 is 11.6 Å². The maximum atomic E-state index is 13.6. The minimum atomic E-state index is -1.27. The zero-order chi connectivity index (χ0) is 21.6. The number of benzene rings is 2. The molecule has 0 spiro atoms. The van der Waals surface area contributed by atoms with Crippen molar-refractivity contribution in [3.05, 3.63) is 54.0 Å².